The van der Waals surface area contributed by atoms with Gasteiger partial charge < -0.3 is 4.90 Å². The van der Waals surface area contributed by atoms with Crippen molar-refractivity contribution in [3.63, 3.8) is 0 Å². The number of hydrogen-bond acceptors (Lipinski definition) is 2. The average Bonchev–Trinajstić information content (AvgIpc) is 2.32. The van der Waals surface area contributed by atoms with Crippen molar-refractivity contribution in [2.45, 2.75) is 40.5 Å². The van der Waals surface area contributed by atoms with Gasteiger partial charge in [-0.3, -0.25) is 0 Å². The molecule has 0 N–H and O–H groups in total. The third kappa shape index (κ3) is 3.05. The predicted octanol–water partition coefficient (Wildman–Crippen LogP) is 4.42. The first-order valence-electron chi connectivity index (χ1n) is 6.76. The zero-order valence-electron chi connectivity index (χ0n) is 11.8. The van der Waals surface area contributed by atoms with Gasteiger partial charge in [-0.2, -0.15) is 0 Å². The van der Waals surface area contributed by atoms with Crippen LogP contribution in [0.4, 0.5) is 5.82 Å². The van der Waals surface area contributed by atoms with Crippen molar-refractivity contribution in [2.75, 3.05) is 18.0 Å². The van der Waals surface area contributed by atoms with E-state index in [0.29, 0.717) is 5.41 Å². The smallest absolute Gasteiger partial charge is 0.128 e. The lowest BCUT2D eigenvalue weighted by Crippen LogP contribution is -2.38. The Labute approximate surface area is 119 Å². The molecule has 2 heterocycles. The number of pyridine rings is 1. The Morgan fingerprint density at radius 3 is 2.33 bits per heavy atom. The van der Waals surface area contributed by atoms with E-state index < -0.39 is 0 Å². The standard InChI is InChI=1S/C15H23BrN2/c1-11-13(16)5-6-14(17-11)18-9-7-12(8-10-18)15(2,3)4/h5-6,12H,7-10H2,1-4H3. The van der Waals surface area contributed by atoms with Crippen LogP contribution in [0.5, 0.6) is 0 Å². The van der Waals surface area contributed by atoms with E-state index in [0.717, 1.165) is 35.0 Å². The number of hydrogen-bond donors (Lipinski definition) is 0. The zero-order valence-corrected chi connectivity index (χ0v) is 13.4. The maximum atomic E-state index is 4.66. The highest BCUT2D eigenvalue weighted by molar-refractivity contribution is 9.10. The number of nitrogens with zero attached hydrogens (tertiary/aromatic N) is 2. The maximum Gasteiger partial charge on any atom is 0.128 e. The van der Waals surface area contributed by atoms with Gasteiger partial charge in [-0.15, -0.1) is 0 Å². The van der Waals surface area contributed by atoms with Crippen LogP contribution in [0.25, 0.3) is 0 Å². The number of aryl methyl sites for hydroxylation is 1. The van der Waals surface area contributed by atoms with Gasteiger partial charge in [0.25, 0.3) is 0 Å². The SMILES string of the molecule is Cc1nc(N2CCC(C(C)(C)C)CC2)ccc1Br. The van der Waals surface area contributed by atoms with E-state index in [2.05, 4.69) is 65.6 Å². The van der Waals surface area contributed by atoms with Crippen LogP contribution >= 0.6 is 15.9 Å². The molecule has 0 atom stereocenters. The minimum Gasteiger partial charge on any atom is -0.357 e. The normalized spacial score (nSPS) is 18.2. The third-order valence-electron chi connectivity index (χ3n) is 4.05. The zero-order chi connectivity index (χ0) is 13.3. The fourth-order valence-corrected chi connectivity index (χ4v) is 2.90. The van der Waals surface area contributed by atoms with Crippen molar-refractivity contribution in [3.05, 3.63) is 22.3 Å². The highest BCUT2D eigenvalue weighted by Crippen LogP contribution is 2.35. The van der Waals surface area contributed by atoms with E-state index in [1.54, 1.807) is 0 Å². The molecule has 0 saturated carbocycles. The molecule has 2 rings (SSSR count). The van der Waals surface area contributed by atoms with Gasteiger partial charge in [0.05, 0.1) is 5.69 Å². The lowest BCUT2D eigenvalue weighted by atomic mass is 9.75. The predicted molar refractivity (Wildman–Crippen MR) is 81.1 cm³/mol. The van der Waals surface area contributed by atoms with Crippen LogP contribution in [0.15, 0.2) is 16.6 Å². The van der Waals surface area contributed by atoms with Crippen molar-refractivity contribution < 1.29 is 0 Å². The average molecular weight is 311 g/mol. The fourth-order valence-electron chi connectivity index (χ4n) is 2.68. The van der Waals surface area contributed by atoms with E-state index in [-0.39, 0.29) is 0 Å². The minimum absolute atomic E-state index is 0.440. The van der Waals surface area contributed by atoms with Crippen LogP contribution < -0.4 is 4.90 Å². The highest BCUT2D eigenvalue weighted by Gasteiger charge is 2.29. The summed E-state index contributed by atoms with van der Waals surface area (Å²) in [5, 5.41) is 0. The molecule has 100 valence electrons. The van der Waals surface area contributed by atoms with E-state index >= 15 is 0 Å². The monoisotopic (exact) mass is 310 g/mol. The molecule has 1 aromatic rings. The highest BCUT2D eigenvalue weighted by atomic mass is 79.9. The van der Waals surface area contributed by atoms with Crippen molar-refractivity contribution in [2.24, 2.45) is 11.3 Å². The topological polar surface area (TPSA) is 16.1 Å². The van der Waals surface area contributed by atoms with E-state index in [1.165, 1.54) is 12.8 Å². The molecule has 1 aromatic heterocycles. The Kier molecular flexibility index (Phi) is 4.00. The number of aromatic nitrogens is 1. The molecular formula is C15H23BrN2. The van der Waals surface area contributed by atoms with Gasteiger partial charge in [-0.05, 0) is 59.2 Å². The Bertz CT molecular complexity index is 415. The van der Waals surface area contributed by atoms with Crippen LogP contribution in [0.1, 0.15) is 39.3 Å². The molecule has 18 heavy (non-hydrogen) atoms. The third-order valence-corrected chi connectivity index (χ3v) is 4.89. The van der Waals surface area contributed by atoms with E-state index in [9.17, 15) is 0 Å². The molecule has 0 spiro atoms. The molecule has 1 fully saturated rings. The van der Waals surface area contributed by atoms with Crippen molar-refractivity contribution >= 4 is 21.7 Å². The summed E-state index contributed by atoms with van der Waals surface area (Å²) < 4.78 is 1.09. The first-order chi connectivity index (χ1) is 8.38. The fraction of sp³-hybridized carbons (Fsp3) is 0.667. The lowest BCUT2D eigenvalue weighted by Gasteiger charge is -2.39. The van der Waals surface area contributed by atoms with Crippen LogP contribution in [0.3, 0.4) is 0 Å². The molecule has 0 aromatic carbocycles. The molecular weight excluding hydrogens is 288 g/mol. The van der Waals surface area contributed by atoms with Crippen molar-refractivity contribution in [1.82, 2.24) is 4.98 Å². The number of rotatable bonds is 1. The molecule has 2 nitrogen and oxygen atoms in total. The number of halogens is 1. The summed E-state index contributed by atoms with van der Waals surface area (Å²) in [4.78, 5) is 7.08. The van der Waals surface area contributed by atoms with Crippen LogP contribution in [-0.4, -0.2) is 18.1 Å². The van der Waals surface area contributed by atoms with Crippen LogP contribution in [0, 0.1) is 18.3 Å². The summed E-state index contributed by atoms with van der Waals surface area (Å²) >= 11 is 3.51. The first-order valence-corrected chi connectivity index (χ1v) is 7.55. The van der Waals surface area contributed by atoms with E-state index in [1.807, 2.05) is 0 Å². The molecule has 3 heteroatoms. The summed E-state index contributed by atoms with van der Waals surface area (Å²) in [5.74, 6) is 1.97. The van der Waals surface area contributed by atoms with Gasteiger partial charge >= 0.3 is 0 Å². The molecule has 0 amide bonds. The Morgan fingerprint density at radius 1 is 1.22 bits per heavy atom. The molecule has 0 aliphatic carbocycles. The van der Waals surface area contributed by atoms with Gasteiger partial charge in [0, 0.05) is 17.6 Å². The van der Waals surface area contributed by atoms with Crippen LogP contribution in [0.2, 0.25) is 0 Å². The van der Waals surface area contributed by atoms with Gasteiger partial charge in [-0.25, -0.2) is 4.98 Å². The second kappa shape index (κ2) is 5.20. The second-order valence-electron chi connectivity index (χ2n) is 6.36. The summed E-state index contributed by atoms with van der Waals surface area (Å²) in [6.07, 6.45) is 2.56. The summed E-state index contributed by atoms with van der Waals surface area (Å²) in [5.41, 5.74) is 1.51. The quantitative estimate of drug-likeness (QED) is 0.763. The lowest BCUT2D eigenvalue weighted by molar-refractivity contribution is 0.198. The van der Waals surface area contributed by atoms with Gasteiger partial charge in [-0.1, -0.05) is 20.8 Å². The second-order valence-corrected chi connectivity index (χ2v) is 7.22. The molecule has 1 aliphatic rings. The van der Waals surface area contributed by atoms with Gasteiger partial charge in [0.15, 0.2) is 0 Å². The van der Waals surface area contributed by atoms with Crippen molar-refractivity contribution in [3.8, 4) is 0 Å². The Balaban J connectivity index is 2.03. The number of anilines is 1. The van der Waals surface area contributed by atoms with E-state index in [4.69, 9.17) is 0 Å². The summed E-state index contributed by atoms with van der Waals surface area (Å²) in [6.45, 7) is 11.4. The molecule has 0 bridgehead atoms. The number of piperidine rings is 1. The summed E-state index contributed by atoms with van der Waals surface area (Å²) in [6, 6.07) is 4.22. The van der Waals surface area contributed by atoms with Gasteiger partial charge in [0.2, 0.25) is 0 Å². The molecule has 0 unspecified atom stereocenters. The Hall–Kier alpha value is -0.570. The minimum atomic E-state index is 0.440. The van der Waals surface area contributed by atoms with Crippen LogP contribution in [-0.2, 0) is 0 Å². The first kappa shape index (κ1) is 13.9. The molecule has 1 saturated heterocycles. The largest absolute Gasteiger partial charge is 0.357 e. The molecule has 0 radical (unpaired) electrons. The Morgan fingerprint density at radius 2 is 1.83 bits per heavy atom. The maximum absolute atomic E-state index is 4.66. The van der Waals surface area contributed by atoms with Gasteiger partial charge in [0.1, 0.15) is 5.82 Å². The molecule has 1 aliphatic heterocycles. The van der Waals surface area contributed by atoms with Crippen molar-refractivity contribution in [1.29, 1.82) is 0 Å². The summed E-state index contributed by atoms with van der Waals surface area (Å²) in [7, 11) is 0.